The standard InChI is InChI=1S/C13H32O4Si2/c1-12(2,3)16-19(10,17-13(4,5)6)11-18(9,14-7)15-8/h11H2,1-10H3. The Kier molecular flexibility index (Phi) is 6.45. The first-order chi connectivity index (χ1) is 8.24. The van der Waals surface area contributed by atoms with E-state index >= 15 is 0 Å². The molecule has 0 aliphatic rings. The van der Waals surface area contributed by atoms with Gasteiger partial charge in [0.25, 0.3) is 0 Å². The normalized spacial score (nSPS) is 14.8. The second-order valence-electron chi connectivity index (χ2n) is 7.28. The second-order valence-corrected chi connectivity index (χ2v) is 14.5. The molecule has 0 radical (unpaired) electrons. The Morgan fingerprint density at radius 3 is 1.21 bits per heavy atom. The molecule has 0 amide bonds. The SMILES string of the molecule is CO[Si](C)(C[Si](C)(OC(C)(C)C)OC(C)(C)C)OC. The van der Waals surface area contributed by atoms with E-state index in [1.807, 2.05) is 0 Å². The lowest BCUT2D eigenvalue weighted by Crippen LogP contribution is -2.56. The minimum absolute atomic E-state index is 0.233. The Bertz CT molecular complexity index is 261. The lowest BCUT2D eigenvalue weighted by molar-refractivity contribution is 0.0185. The fourth-order valence-corrected chi connectivity index (χ4v) is 11.4. The van der Waals surface area contributed by atoms with Crippen molar-refractivity contribution in [3.8, 4) is 0 Å². The van der Waals surface area contributed by atoms with Crippen LogP contribution in [-0.4, -0.2) is 42.5 Å². The van der Waals surface area contributed by atoms with Gasteiger partial charge in [0, 0.05) is 19.9 Å². The van der Waals surface area contributed by atoms with Crippen molar-refractivity contribution in [2.24, 2.45) is 0 Å². The van der Waals surface area contributed by atoms with Crippen molar-refractivity contribution >= 4 is 17.1 Å². The van der Waals surface area contributed by atoms with Gasteiger partial charge < -0.3 is 17.7 Å². The summed E-state index contributed by atoms with van der Waals surface area (Å²) in [5, 5.41) is 0. The summed E-state index contributed by atoms with van der Waals surface area (Å²) >= 11 is 0. The van der Waals surface area contributed by atoms with Gasteiger partial charge in [-0.1, -0.05) is 0 Å². The van der Waals surface area contributed by atoms with Crippen LogP contribution in [0.25, 0.3) is 0 Å². The van der Waals surface area contributed by atoms with E-state index < -0.39 is 17.1 Å². The van der Waals surface area contributed by atoms with Crippen molar-refractivity contribution in [3.05, 3.63) is 0 Å². The van der Waals surface area contributed by atoms with E-state index in [4.69, 9.17) is 17.7 Å². The topological polar surface area (TPSA) is 36.9 Å². The zero-order chi connectivity index (χ0) is 15.5. The van der Waals surface area contributed by atoms with Crippen LogP contribution in [0.2, 0.25) is 18.8 Å². The lowest BCUT2D eigenvalue weighted by Gasteiger charge is -2.41. The van der Waals surface area contributed by atoms with Crippen LogP contribution in [0.3, 0.4) is 0 Å². The summed E-state index contributed by atoms with van der Waals surface area (Å²) in [4.78, 5) is 0. The maximum Gasteiger partial charge on any atom is 0.337 e. The summed E-state index contributed by atoms with van der Waals surface area (Å²) < 4.78 is 23.8. The summed E-state index contributed by atoms with van der Waals surface area (Å²) in [5.74, 6) is 0. The van der Waals surface area contributed by atoms with Gasteiger partial charge in [-0.2, -0.15) is 0 Å². The maximum atomic E-state index is 6.29. The molecule has 0 bridgehead atoms. The van der Waals surface area contributed by atoms with Crippen molar-refractivity contribution < 1.29 is 17.7 Å². The third kappa shape index (κ3) is 8.21. The third-order valence-corrected chi connectivity index (χ3v) is 11.5. The third-order valence-electron chi connectivity index (χ3n) is 2.55. The van der Waals surface area contributed by atoms with Crippen molar-refractivity contribution in [1.29, 1.82) is 0 Å². The average Bonchev–Trinajstić information content (AvgIpc) is 2.10. The van der Waals surface area contributed by atoms with Crippen LogP contribution in [0.1, 0.15) is 41.5 Å². The molecule has 0 aliphatic carbocycles. The molecule has 4 nitrogen and oxygen atoms in total. The van der Waals surface area contributed by atoms with Crippen molar-refractivity contribution in [1.82, 2.24) is 0 Å². The molecule has 0 aliphatic heterocycles. The molecular formula is C13H32O4Si2. The lowest BCUT2D eigenvalue weighted by atomic mass is 10.2. The van der Waals surface area contributed by atoms with Gasteiger partial charge in [0.1, 0.15) is 0 Å². The van der Waals surface area contributed by atoms with Gasteiger partial charge >= 0.3 is 17.1 Å². The second kappa shape index (κ2) is 6.36. The van der Waals surface area contributed by atoms with Crippen LogP contribution < -0.4 is 0 Å². The first-order valence-corrected chi connectivity index (χ1v) is 11.8. The van der Waals surface area contributed by atoms with E-state index in [1.165, 1.54) is 0 Å². The summed E-state index contributed by atoms with van der Waals surface area (Å²) in [5.41, 5.74) is 0.285. The van der Waals surface area contributed by atoms with E-state index in [9.17, 15) is 0 Å². The van der Waals surface area contributed by atoms with Crippen LogP contribution in [0.4, 0.5) is 0 Å². The quantitative estimate of drug-likeness (QED) is 0.703. The van der Waals surface area contributed by atoms with Crippen molar-refractivity contribution in [2.45, 2.75) is 71.5 Å². The molecule has 0 heterocycles. The van der Waals surface area contributed by atoms with Crippen molar-refractivity contribution in [3.63, 3.8) is 0 Å². The van der Waals surface area contributed by atoms with Crippen LogP contribution in [0, 0.1) is 0 Å². The predicted molar refractivity (Wildman–Crippen MR) is 83.7 cm³/mol. The first kappa shape index (κ1) is 19.3. The van der Waals surface area contributed by atoms with E-state index in [0.717, 1.165) is 5.67 Å². The molecule has 0 rings (SSSR count). The van der Waals surface area contributed by atoms with Crippen molar-refractivity contribution in [2.75, 3.05) is 14.2 Å². The molecule has 0 atom stereocenters. The highest BCUT2D eigenvalue weighted by Crippen LogP contribution is 2.30. The minimum Gasteiger partial charge on any atom is -0.398 e. The van der Waals surface area contributed by atoms with Crippen LogP contribution in [0.5, 0.6) is 0 Å². The summed E-state index contributed by atoms with van der Waals surface area (Å²) in [6.07, 6.45) is 0. The molecule has 0 N–H and O–H groups in total. The Morgan fingerprint density at radius 2 is 1.00 bits per heavy atom. The zero-order valence-electron chi connectivity index (χ0n) is 14.3. The highest BCUT2D eigenvalue weighted by Gasteiger charge is 2.48. The van der Waals surface area contributed by atoms with Crippen LogP contribution in [0.15, 0.2) is 0 Å². The molecule has 0 spiro atoms. The molecule has 0 fully saturated rings. The van der Waals surface area contributed by atoms with Gasteiger partial charge in [-0.15, -0.1) is 0 Å². The maximum absolute atomic E-state index is 6.29. The Balaban J connectivity index is 5.16. The Morgan fingerprint density at radius 1 is 0.684 bits per heavy atom. The Labute approximate surface area is 121 Å². The highest BCUT2D eigenvalue weighted by atomic mass is 28.4. The smallest absolute Gasteiger partial charge is 0.337 e. The fraction of sp³-hybridized carbons (Fsp3) is 1.00. The van der Waals surface area contributed by atoms with Gasteiger partial charge in [0.2, 0.25) is 0 Å². The molecule has 19 heavy (non-hydrogen) atoms. The molecule has 0 aromatic heterocycles. The molecule has 0 unspecified atom stereocenters. The largest absolute Gasteiger partial charge is 0.398 e. The molecular weight excluding hydrogens is 276 g/mol. The van der Waals surface area contributed by atoms with Crippen LogP contribution >= 0.6 is 0 Å². The zero-order valence-corrected chi connectivity index (χ0v) is 16.3. The Hall–Kier alpha value is 0.274. The predicted octanol–water partition coefficient (Wildman–Crippen LogP) is 3.59. The van der Waals surface area contributed by atoms with Gasteiger partial charge in [-0.25, -0.2) is 0 Å². The molecule has 116 valence electrons. The highest BCUT2D eigenvalue weighted by molar-refractivity contribution is 6.85. The summed E-state index contributed by atoms with van der Waals surface area (Å²) in [6.45, 7) is 16.5. The average molecular weight is 309 g/mol. The van der Waals surface area contributed by atoms with Crippen LogP contribution in [-0.2, 0) is 17.7 Å². The van der Waals surface area contributed by atoms with Gasteiger partial charge in [0.05, 0.1) is 11.2 Å². The molecule has 0 saturated heterocycles. The number of hydrogen-bond donors (Lipinski definition) is 0. The molecule has 0 saturated carbocycles. The first-order valence-electron chi connectivity index (χ1n) is 6.75. The number of rotatable bonds is 6. The summed E-state index contributed by atoms with van der Waals surface area (Å²) in [6, 6.07) is 0. The molecule has 6 heteroatoms. The number of hydrogen-bond acceptors (Lipinski definition) is 4. The monoisotopic (exact) mass is 308 g/mol. The van der Waals surface area contributed by atoms with E-state index in [-0.39, 0.29) is 11.2 Å². The van der Waals surface area contributed by atoms with Gasteiger partial charge in [-0.3, -0.25) is 0 Å². The van der Waals surface area contributed by atoms with E-state index in [0.29, 0.717) is 0 Å². The minimum atomic E-state index is -2.39. The van der Waals surface area contributed by atoms with E-state index in [2.05, 4.69) is 54.6 Å². The van der Waals surface area contributed by atoms with Gasteiger partial charge in [-0.05, 0) is 54.6 Å². The summed E-state index contributed by atoms with van der Waals surface area (Å²) in [7, 11) is -1.19. The molecule has 0 aromatic rings. The molecule has 0 aromatic carbocycles. The fourth-order valence-electron chi connectivity index (χ4n) is 2.20. The van der Waals surface area contributed by atoms with Gasteiger partial charge in [0.15, 0.2) is 0 Å². The van der Waals surface area contributed by atoms with E-state index in [1.54, 1.807) is 14.2 Å².